The van der Waals surface area contributed by atoms with Crippen LogP contribution < -0.4 is 5.32 Å². The molecule has 96 valence electrons. The number of thioether (sulfide) groups is 1. The van der Waals surface area contributed by atoms with Crippen LogP contribution in [-0.2, 0) is 12.8 Å². The van der Waals surface area contributed by atoms with E-state index in [-0.39, 0.29) is 0 Å². The van der Waals surface area contributed by atoms with Crippen molar-refractivity contribution in [3.8, 4) is 0 Å². The third kappa shape index (κ3) is 4.03. The third-order valence-electron chi connectivity index (χ3n) is 3.32. The Bertz CT molecular complexity index is 334. The second kappa shape index (κ2) is 6.45. The average molecular weight is 254 g/mol. The first-order valence-corrected chi connectivity index (χ1v) is 7.62. The van der Waals surface area contributed by atoms with Gasteiger partial charge in [0.15, 0.2) is 5.89 Å². The van der Waals surface area contributed by atoms with Crippen LogP contribution in [0.5, 0.6) is 0 Å². The molecule has 4 heteroatoms. The monoisotopic (exact) mass is 254 g/mol. The fourth-order valence-corrected chi connectivity index (χ4v) is 3.31. The van der Waals surface area contributed by atoms with Gasteiger partial charge in [-0.3, -0.25) is 0 Å². The highest BCUT2D eigenvalue weighted by atomic mass is 32.2. The molecule has 0 spiro atoms. The first-order chi connectivity index (χ1) is 8.28. The Balaban J connectivity index is 1.84. The molecule has 0 aromatic carbocycles. The fourth-order valence-electron chi connectivity index (χ4n) is 2.16. The van der Waals surface area contributed by atoms with Crippen LogP contribution in [-0.4, -0.2) is 29.6 Å². The van der Waals surface area contributed by atoms with E-state index >= 15 is 0 Å². The van der Waals surface area contributed by atoms with E-state index in [0.717, 1.165) is 30.4 Å². The summed E-state index contributed by atoms with van der Waals surface area (Å²) in [5.74, 6) is 5.29. The van der Waals surface area contributed by atoms with E-state index in [2.05, 4.69) is 29.0 Å². The summed E-state index contributed by atoms with van der Waals surface area (Å²) >= 11 is 2.06. The number of oxazole rings is 1. The first kappa shape index (κ1) is 13.0. The molecule has 3 nitrogen and oxygen atoms in total. The molecule has 2 unspecified atom stereocenters. The highest BCUT2D eigenvalue weighted by Gasteiger charge is 2.17. The van der Waals surface area contributed by atoms with Crippen molar-refractivity contribution in [2.45, 2.75) is 38.6 Å². The molecule has 0 radical (unpaired) electrons. The largest absolute Gasteiger partial charge is 0.446 e. The molecule has 1 aliphatic heterocycles. The summed E-state index contributed by atoms with van der Waals surface area (Å²) in [6, 6.07) is 0.445. The molecule has 0 saturated carbocycles. The molecule has 1 saturated heterocycles. The summed E-state index contributed by atoms with van der Waals surface area (Å²) in [6.07, 6.45) is 6.50. The minimum absolute atomic E-state index is 0.445. The Morgan fingerprint density at radius 2 is 2.53 bits per heavy atom. The predicted molar refractivity (Wildman–Crippen MR) is 72.5 cm³/mol. The van der Waals surface area contributed by atoms with E-state index in [1.807, 2.05) is 13.2 Å². The molecule has 2 rings (SSSR count). The van der Waals surface area contributed by atoms with Gasteiger partial charge < -0.3 is 9.73 Å². The Morgan fingerprint density at radius 3 is 3.24 bits per heavy atom. The molecule has 0 aliphatic carbocycles. The zero-order chi connectivity index (χ0) is 12.1. The molecule has 1 N–H and O–H groups in total. The van der Waals surface area contributed by atoms with Gasteiger partial charge in [-0.2, -0.15) is 11.8 Å². The topological polar surface area (TPSA) is 38.1 Å². The minimum Gasteiger partial charge on any atom is -0.446 e. The lowest BCUT2D eigenvalue weighted by Gasteiger charge is -2.19. The second-order valence-electron chi connectivity index (χ2n) is 4.90. The number of nitrogens with zero attached hydrogens (tertiary/aromatic N) is 1. The molecule has 2 atom stereocenters. The number of hydrogen-bond donors (Lipinski definition) is 1. The molecule has 0 bridgehead atoms. The van der Waals surface area contributed by atoms with E-state index in [1.54, 1.807) is 0 Å². The SMILES string of the molecule is CNC(C)Cc1cnc(CC2CCCSC2)o1. The van der Waals surface area contributed by atoms with Crippen molar-refractivity contribution in [2.24, 2.45) is 5.92 Å². The number of likely N-dealkylation sites (N-methyl/N-ethyl adjacent to an activating group) is 1. The molecule has 1 aromatic heterocycles. The molecule has 0 amide bonds. The van der Waals surface area contributed by atoms with Crippen LogP contribution in [0.25, 0.3) is 0 Å². The maximum Gasteiger partial charge on any atom is 0.194 e. The lowest BCUT2D eigenvalue weighted by molar-refractivity contribution is 0.396. The third-order valence-corrected chi connectivity index (χ3v) is 4.60. The van der Waals surface area contributed by atoms with Crippen molar-refractivity contribution in [3.05, 3.63) is 17.8 Å². The Morgan fingerprint density at radius 1 is 1.65 bits per heavy atom. The van der Waals surface area contributed by atoms with Crippen LogP contribution in [0.4, 0.5) is 0 Å². The normalized spacial score (nSPS) is 22.6. The van der Waals surface area contributed by atoms with Crippen molar-refractivity contribution >= 4 is 11.8 Å². The van der Waals surface area contributed by atoms with E-state index in [1.165, 1.54) is 24.3 Å². The minimum atomic E-state index is 0.445. The van der Waals surface area contributed by atoms with Crippen molar-refractivity contribution in [3.63, 3.8) is 0 Å². The summed E-state index contributed by atoms with van der Waals surface area (Å²) in [5, 5.41) is 3.21. The average Bonchev–Trinajstić information content (AvgIpc) is 2.77. The highest BCUT2D eigenvalue weighted by Crippen LogP contribution is 2.25. The molecular formula is C13H22N2OS. The standard InChI is InChI=1S/C13H22N2OS/c1-10(14-2)6-12-8-15-13(16-12)7-11-4-3-5-17-9-11/h8,10-11,14H,3-7,9H2,1-2H3. The molecule has 1 fully saturated rings. The number of aromatic nitrogens is 1. The smallest absolute Gasteiger partial charge is 0.194 e. The van der Waals surface area contributed by atoms with Crippen LogP contribution in [0.15, 0.2) is 10.6 Å². The quantitative estimate of drug-likeness (QED) is 0.876. The Labute approximate surface area is 108 Å². The van der Waals surface area contributed by atoms with Gasteiger partial charge in [0.2, 0.25) is 0 Å². The lowest BCUT2D eigenvalue weighted by Crippen LogP contribution is -2.23. The Kier molecular flexibility index (Phi) is 4.92. The number of rotatable bonds is 5. The highest BCUT2D eigenvalue weighted by molar-refractivity contribution is 7.99. The van der Waals surface area contributed by atoms with Gasteiger partial charge >= 0.3 is 0 Å². The van der Waals surface area contributed by atoms with Gasteiger partial charge in [0, 0.05) is 18.9 Å². The summed E-state index contributed by atoms with van der Waals surface area (Å²) in [4.78, 5) is 4.39. The second-order valence-corrected chi connectivity index (χ2v) is 6.05. The van der Waals surface area contributed by atoms with Crippen molar-refractivity contribution < 1.29 is 4.42 Å². The van der Waals surface area contributed by atoms with Crippen molar-refractivity contribution in [2.75, 3.05) is 18.6 Å². The van der Waals surface area contributed by atoms with Gasteiger partial charge in [0.05, 0.1) is 6.20 Å². The van der Waals surface area contributed by atoms with Crippen LogP contribution in [0.1, 0.15) is 31.4 Å². The number of hydrogen-bond acceptors (Lipinski definition) is 4. The van der Waals surface area contributed by atoms with Gasteiger partial charge in [-0.1, -0.05) is 0 Å². The van der Waals surface area contributed by atoms with Crippen LogP contribution in [0.3, 0.4) is 0 Å². The predicted octanol–water partition coefficient (Wildman–Crippen LogP) is 2.51. The van der Waals surface area contributed by atoms with Crippen LogP contribution >= 0.6 is 11.8 Å². The zero-order valence-electron chi connectivity index (χ0n) is 10.7. The molecular weight excluding hydrogens is 232 g/mol. The van der Waals surface area contributed by atoms with Crippen LogP contribution in [0.2, 0.25) is 0 Å². The molecule has 1 aromatic rings. The van der Waals surface area contributed by atoms with E-state index < -0.39 is 0 Å². The maximum atomic E-state index is 5.80. The summed E-state index contributed by atoms with van der Waals surface area (Å²) in [7, 11) is 1.97. The molecule has 17 heavy (non-hydrogen) atoms. The van der Waals surface area contributed by atoms with Gasteiger partial charge in [-0.15, -0.1) is 0 Å². The molecule has 2 heterocycles. The van der Waals surface area contributed by atoms with Crippen molar-refractivity contribution in [1.29, 1.82) is 0 Å². The van der Waals surface area contributed by atoms with Gasteiger partial charge in [-0.05, 0) is 44.2 Å². The molecule has 1 aliphatic rings. The van der Waals surface area contributed by atoms with Crippen molar-refractivity contribution in [1.82, 2.24) is 10.3 Å². The van der Waals surface area contributed by atoms with Crippen LogP contribution in [0, 0.1) is 5.92 Å². The lowest BCUT2D eigenvalue weighted by atomic mass is 10.0. The van der Waals surface area contributed by atoms with Gasteiger partial charge in [-0.25, -0.2) is 4.98 Å². The van der Waals surface area contributed by atoms with Gasteiger partial charge in [0.1, 0.15) is 5.76 Å². The van der Waals surface area contributed by atoms with Gasteiger partial charge in [0.25, 0.3) is 0 Å². The maximum absolute atomic E-state index is 5.80. The summed E-state index contributed by atoms with van der Waals surface area (Å²) < 4.78 is 5.80. The summed E-state index contributed by atoms with van der Waals surface area (Å²) in [5.41, 5.74) is 0. The van der Waals surface area contributed by atoms with E-state index in [4.69, 9.17) is 4.42 Å². The number of nitrogens with one attached hydrogen (secondary N) is 1. The Hall–Kier alpha value is -0.480. The van der Waals surface area contributed by atoms with E-state index in [9.17, 15) is 0 Å². The zero-order valence-corrected chi connectivity index (χ0v) is 11.6. The van der Waals surface area contributed by atoms with E-state index in [0.29, 0.717) is 6.04 Å². The fraction of sp³-hybridized carbons (Fsp3) is 0.769. The summed E-state index contributed by atoms with van der Waals surface area (Å²) in [6.45, 7) is 2.15. The first-order valence-electron chi connectivity index (χ1n) is 6.46.